The Morgan fingerprint density at radius 3 is 3.07 bits per heavy atom. The number of hydrogen-bond acceptors (Lipinski definition) is 1. The number of hydrogen-bond donors (Lipinski definition) is 0. The van der Waals surface area contributed by atoms with Gasteiger partial charge >= 0.3 is 0 Å². The first-order chi connectivity index (χ1) is 6.81. The van der Waals surface area contributed by atoms with E-state index in [1.54, 1.807) is 0 Å². The van der Waals surface area contributed by atoms with Crippen molar-refractivity contribution in [3.63, 3.8) is 0 Å². The Labute approximate surface area is 84.5 Å². The summed E-state index contributed by atoms with van der Waals surface area (Å²) in [5.41, 5.74) is 3.40. The summed E-state index contributed by atoms with van der Waals surface area (Å²) in [7, 11) is 0. The molecule has 0 saturated carbocycles. The fourth-order valence-electron chi connectivity index (χ4n) is 1.79. The van der Waals surface area contributed by atoms with Crippen molar-refractivity contribution >= 4 is 11.9 Å². The minimum atomic E-state index is 0.260. The van der Waals surface area contributed by atoms with E-state index in [4.69, 9.17) is 0 Å². The van der Waals surface area contributed by atoms with Gasteiger partial charge in [-0.25, -0.2) is 0 Å². The molecule has 1 aromatic carbocycles. The number of ketones is 1. The molecule has 0 aliphatic heterocycles. The van der Waals surface area contributed by atoms with Crippen LogP contribution in [0.5, 0.6) is 0 Å². The Bertz CT molecular complexity index is 388. The summed E-state index contributed by atoms with van der Waals surface area (Å²) in [6.07, 6.45) is 6.82. The molecule has 0 heterocycles. The average Bonchev–Trinajstić information content (AvgIpc) is 2.64. The molecule has 14 heavy (non-hydrogen) atoms. The first-order valence-corrected chi connectivity index (χ1v) is 5.14. The second-order valence-corrected chi connectivity index (χ2v) is 3.69. The summed E-state index contributed by atoms with van der Waals surface area (Å²) in [4.78, 5) is 11.6. The average molecular weight is 186 g/mol. The highest BCUT2D eigenvalue weighted by molar-refractivity contribution is 5.96. The van der Waals surface area contributed by atoms with Crippen LogP contribution in [-0.4, -0.2) is 5.78 Å². The third kappa shape index (κ3) is 1.63. The molecule has 1 aliphatic rings. The molecule has 0 amide bonds. The van der Waals surface area contributed by atoms with E-state index in [-0.39, 0.29) is 5.78 Å². The smallest absolute Gasteiger partial charge is 0.162 e. The van der Waals surface area contributed by atoms with Crippen molar-refractivity contribution in [2.24, 2.45) is 0 Å². The molecule has 1 nitrogen and oxygen atoms in total. The van der Waals surface area contributed by atoms with Crippen LogP contribution in [0.25, 0.3) is 6.08 Å². The molecular weight excluding hydrogens is 172 g/mol. The number of allylic oxidation sites excluding steroid dienone is 1. The zero-order valence-corrected chi connectivity index (χ0v) is 8.42. The number of carbonyl (C=O) groups is 1. The van der Waals surface area contributed by atoms with E-state index in [0.29, 0.717) is 6.42 Å². The molecule has 0 fully saturated rings. The van der Waals surface area contributed by atoms with Crippen molar-refractivity contribution < 1.29 is 4.79 Å². The third-order valence-electron chi connectivity index (χ3n) is 2.58. The van der Waals surface area contributed by atoms with Gasteiger partial charge in [0.1, 0.15) is 0 Å². The molecule has 0 N–H and O–H groups in total. The quantitative estimate of drug-likeness (QED) is 0.662. The second kappa shape index (κ2) is 3.79. The lowest BCUT2D eigenvalue weighted by atomic mass is 10.0. The molecule has 1 aliphatic carbocycles. The van der Waals surface area contributed by atoms with Gasteiger partial charge in [0.05, 0.1) is 0 Å². The molecule has 1 heteroatoms. The summed E-state index contributed by atoms with van der Waals surface area (Å²) in [5, 5.41) is 0. The molecular formula is C13H14O. The number of fused-ring (bicyclic) bond motifs is 1. The van der Waals surface area contributed by atoms with Gasteiger partial charge in [-0.05, 0) is 30.0 Å². The van der Waals surface area contributed by atoms with Crippen LogP contribution in [0.15, 0.2) is 24.3 Å². The van der Waals surface area contributed by atoms with Gasteiger partial charge in [0.2, 0.25) is 0 Å². The Balaban J connectivity index is 2.28. The van der Waals surface area contributed by atoms with Crippen molar-refractivity contribution in [3.8, 4) is 0 Å². The molecule has 72 valence electrons. The fraction of sp³-hybridized carbons (Fsp3) is 0.308. The number of carbonyl (C=O) groups excluding carboxylic acids is 1. The zero-order valence-electron chi connectivity index (χ0n) is 8.42. The fourth-order valence-corrected chi connectivity index (χ4v) is 1.79. The molecule has 0 atom stereocenters. The van der Waals surface area contributed by atoms with Gasteiger partial charge in [0.25, 0.3) is 0 Å². The van der Waals surface area contributed by atoms with Crippen molar-refractivity contribution in [2.45, 2.75) is 26.2 Å². The largest absolute Gasteiger partial charge is 0.294 e. The summed E-state index contributed by atoms with van der Waals surface area (Å²) in [6, 6.07) is 6.03. The van der Waals surface area contributed by atoms with Crippen LogP contribution >= 0.6 is 0 Å². The topological polar surface area (TPSA) is 17.1 Å². The molecule has 0 radical (unpaired) electrons. The van der Waals surface area contributed by atoms with Crippen LogP contribution in [0.4, 0.5) is 0 Å². The SMILES string of the molecule is CCCC(=O)c1ccc2c(c1)C=CC2. The normalized spacial score (nSPS) is 12.9. The Kier molecular flexibility index (Phi) is 2.49. The van der Waals surface area contributed by atoms with Gasteiger partial charge in [-0.15, -0.1) is 0 Å². The number of benzene rings is 1. The molecule has 0 bridgehead atoms. The van der Waals surface area contributed by atoms with Crippen LogP contribution in [0.1, 0.15) is 41.3 Å². The number of Topliss-reactive ketones (excluding diaryl/α,β-unsaturated/α-hetero) is 1. The zero-order chi connectivity index (χ0) is 9.97. The van der Waals surface area contributed by atoms with Crippen molar-refractivity contribution in [1.82, 2.24) is 0 Å². The van der Waals surface area contributed by atoms with E-state index in [1.807, 2.05) is 19.1 Å². The summed E-state index contributed by atoms with van der Waals surface area (Å²) in [6.45, 7) is 2.03. The lowest BCUT2D eigenvalue weighted by Crippen LogP contribution is -1.98. The van der Waals surface area contributed by atoms with Crippen molar-refractivity contribution in [2.75, 3.05) is 0 Å². The first kappa shape index (κ1) is 9.20. The van der Waals surface area contributed by atoms with Crippen LogP contribution in [-0.2, 0) is 6.42 Å². The maximum absolute atomic E-state index is 11.6. The minimum absolute atomic E-state index is 0.260. The highest BCUT2D eigenvalue weighted by atomic mass is 16.1. The van der Waals surface area contributed by atoms with E-state index < -0.39 is 0 Å². The van der Waals surface area contributed by atoms with Gasteiger partial charge in [0.15, 0.2) is 5.78 Å². The predicted molar refractivity (Wildman–Crippen MR) is 58.4 cm³/mol. The van der Waals surface area contributed by atoms with Crippen LogP contribution in [0.3, 0.4) is 0 Å². The van der Waals surface area contributed by atoms with E-state index in [1.165, 1.54) is 11.1 Å². The summed E-state index contributed by atoms with van der Waals surface area (Å²) >= 11 is 0. The third-order valence-corrected chi connectivity index (χ3v) is 2.58. The van der Waals surface area contributed by atoms with Gasteiger partial charge in [-0.3, -0.25) is 4.79 Å². The monoisotopic (exact) mass is 186 g/mol. The highest BCUT2D eigenvalue weighted by Crippen LogP contribution is 2.21. The molecule has 2 rings (SSSR count). The van der Waals surface area contributed by atoms with E-state index in [0.717, 1.165) is 18.4 Å². The standard InChI is InChI=1S/C13H14O/c1-2-4-13(14)12-8-7-10-5-3-6-11(10)9-12/h3,6-9H,2,4-5H2,1H3. The predicted octanol–water partition coefficient (Wildman–Crippen LogP) is 3.24. The van der Waals surface area contributed by atoms with E-state index in [2.05, 4.69) is 18.2 Å². The van der Waals surface area contributed by atoms with E-state index >= 15 is 0 Å². The lowest BCUT2D eigenvalue weighted by Gasteiger charge is -2.02. The van der Waals surface area contributed by atoms with Gasteiger partial charge in [-0.2, -0.15) is 0 Å². The minimum Gasteiger partial charge on any atom is -0.294 e. The molecule has 0 saturated heterocycles. The Morgan fingerprint density at radius 2 is 2.29 bits per heavy atom. The van der Waals surface area contributed by atoms with Crippen LogP contribution in [0.2, 0.25) is 0 Å². The molecule has 1 aromatic rings. The van der Waals surface area contributed by atoms with Gasteiger partial charge in [-0.1, -0.05) is 31.2 Å². The molecule has 0 unspecified atom stereocenters. The van der Waals surface area contributed by atoms with Gasteiger partial charge < -0.3 is 0 Å². The maximum atomic E-state index is 11.6. The van der Waals surface area contributed by atoms with Gasteiger partial charge in [0, 0.05) is 12.0 Å². The summed E-state index contributed by atoms with van der Waals surface area (Å²) in [5.74, 6) is 0.260. The maximum Gasteiger partial charge on any atom is 0.162 e. The van der Waals surface area contributed by atoms with Crippen molar-refractivity contribution in [3.05, 3.63) is 41.0 Å². The lowest BCUT2D eigenvalue weighted by molar-refractivity contribution is 0.0981. The summed E-state index contributed by atoms with van der Waals surface area (Å²) < 4.78 is 0. The number of rotatable bonds is 3. The Morgan fingerprint density at radius 1 is 1.43 bits per heavy atom. The molecule has 0 aromatic heterocycles. The molecule has 0 spiro atoms. The van der Waals surface area contributed by atoms with Crippen LogP contribution in [0, 0.1) is 0 Å². The van der Waals surface area contributed by atoms with Crippen LogP contribution < -0.4 is 0 Å². The van der Waals surface area contributed by atoms with E-state index in [9.17, 15) is 4.79 Å². The second-order valence-electron chi connectivity index (χ2n) is 3.69. The Hall–Kier alpha value is -1.37. The van der Waals surface area contributed by atoms with Crippen molar-refractivity contribution in [1.29, 1.82) is 0 Å². The first-order valence-electron chi connectivity index (χ1n) is 5.14. The highest BCUT2D eigenvalue weighted by Gasteiger charge is 2.09.